The summed E-state index contributed by atoms with van der Waals surface area (Å²) in [7, 11) is 0. The Morgan fingerprint density at radius 3 is 3.00 bits per heavy atom. The van der Waals surface area contributed by atoms with Gasteiger partial charge in [0, 0.05) is 4.88 Å². The minimum absolute atomic E-state index is 0.661. The molecule has 0 radical (unpaired) electrons. The Kier molecular flexibility index (Phi) is 2.67. The van der Waals surface area contributed by atoms with E-state index in [2.05, 4.69) is 11.5 Å². The van der Waals surface area contributed by atoms with Crippen LogP contribution in [0, 0.1) is 0 Å². The lowest BCUT2D eigenvalue weighted by Crippen LogP contribution is -2.00. The summed E-state index contributed by atoms with van der Waals surface area (Å²) < 4.78 is 1.08. The van der Waals surface area contributed by atoms with E-state index in [1.165, 1.54) is 4.88 Å². The average Bonchev–Trinajstić information content (AvgIpc) is 2.60. The molecule has 14 heavy (non-hydrogen) atoms. The van der Waals surface area contributed by atoms with Gasteiger partial charge in [0.1, 0.15) is 0 Å². The zero-order chi connectivity index (χ0) is 9.97. The molecule has 0 fully saturated rings. The smallest absolute Gasteiger partial charge is 0.0780 e. The standard InChI is InChI=1S/C10H12N2OS/c11-5-4-8-6-7-2-1-3-9(12-13)10(7)14-8/h1-3,6,12-13H,4-5,11H2. The molecular weight excluding hydrogens is 196 g/mol. The predicted molar refractivity (Wildman–Crippen MR) is 60.0 cm³/mol. The number of anilines is 1. The molecular formula is C10H12N2OS. The van der Waals surface area contributed by atoms with Crippen molar-refractivity contribution in [1.82, 2.24) is 0 Å². The molecule has 0 aliphatic carbocycles. The maximum absolute atomic E-state index is 8.91. The SMILES string of the molecule is NCCc1cc2cccc(NO)c2s1. The molecule has 1 aromatic carbocycles. The van der Waals surface area contributed by atoms with Gasteiger partial charge in [-0.05, 0) is 30.5 Å². The van der Waals surface area contributed by atoms with E-state index in [9.17, 15) is 0 Å². The second kappa shape index (κ2) is 3.96. The lowest BCUT2D eigenvalue weighted by atomic mass is 10.2. The fourth-order valence-electron chi connectivity index (χ4n) is 1.47. The van der Waals surface area contributed by atoms with Crippen molar-refractivity contribution in [3.63, 3.8) is 0 Å². The number of benzene rings is 1. The molecule has 1 heterocycles. The van der Waals surface area contributed by atoms with Crippen LogP contribution in [0.2, 0.25) is 0 Å². The van der Waals surface area contributed by atoms with E-state index >= 15 is 0 Å². The molecule has 2 rings (SSSR count). The average molecular weight is 208 g/mol. The molecule has 2 aromatic rings. The molecule has 4 N–H and O–H groups in total. The zero-order valence-corrected chi connectivity index (χ0v) is 8.47. The first-order chi connectivity index (χ1) is 6.85. The lowest BCUT2D eigenvalue weighted by molar-refractivity contribution is 0.390. The summed E-state index contributed by atoms with van der Waals surface area (Å²) in [4.78, 5) is 1.25. The van der Waals surface area contributed by atoms with Crippen molar-refractivity contribution < 1.29 is 5.21 Å². The van der Waals surface area contributed by atoms with Gasteiger partial charge >= 0.3 is 0 Å². The molecule has 1 aromatic heterocycles. The Labute approximate surface area is 86.1 Å². The highest BCUT2D eigenvalue weighted by atomic mass is 32.1. The molecule has 0 amide bonds. The van der Waals surface area contributed by atoms with Crippen molar-refractivity contribution in [1.29, 1.82) is 0 Å². The lowest BCUT2D eigenvalue weighted by Gasteiger charge is -1.98. The first kappa shape index (κ1) is 9.45. The summed E-state index contributed by atoms with van der Waals surface area (Å²) in [5.74, 6) is 0. The van der Waals surface area contributed by atoms with Crippen LogP contribution in [0.3, 0.4) is 0 Å². The van der Waals surface area contributed by atoms with Crippen molar-refractivity contribution in [3.05, 3.63) is 29.1 Å². The number of hydrogen-bond acceptors (Lipinski definition) is 4. The quantitative estimate of drug-likeness (QED) is 0.678. The number of rotatable bonds is 3. The monoisotopic (exact) mass is 208 g/mol. The number of hydrogen-bond donors (Lipinski definition) is 3. The summed E-state index contributed by atoms with van der Waals surface area (Å²) >= 11 is 1.67. The van der Waals surface area contributed by atoms with Crippen molar-refractivity contribution in [2.45, 2.75) is 6.42 Å². The van der Waals surface area contributed by atoms with Crippen LogP contribution in [0.15, 0.2) is 24.3 Å². The Morgan fingerprint density at radius 1 is 1.43 bits per heavy atom. The summed E-state index contributed by atoms with van der Waals surface area (Å²) in [6.07, 6.45) is 0.893. The molecule has 0 bridgehead atoms. The van der Waals surface area contributed by atoms with Crippen molar-refractivity contribution >= 4 is 27.1 Å². The van der Waals surface area contributed by atoms with Gasteiger partial charge in [-0.2, -0.15) is 0 Å². The molecule has 0 saturated carbocycles. The minimum atomic E-state index is 0.661. The fourth-order valence-corrected chi connectivity index (χ4v) is 2.61. The van der Waals surface area contributed by atoms with Gasteiger partial charge in [-0.15, -0.1) is 11.3 Å². The molecule has 3 nitrogen and oxygen atoms in total. The number of thiophene rings is 1. The van der Waals surface area contributed by atoms with Crippen molar-refractivity contribution in [2.75, 3.05) is 12.0 Å². The predicted octanol–water partition coefficient (Wildman–Crippen LogP) is 2.20. The van der Waals surface area contributed by atoms with Crippen LogP contribution in [0.5, 0.6) is 0 Å². The van der Waals surface area contributed by atoms with Gasteiger partial charge < -0.3 is 5.73 Å². The molecule has 74 valence electrons. The van der Waals surface area contributed by atoms with Gasteiger partial charge in [0.05, 0.1) is 10.4 Å². The number of fused-ring (bicyclic) bond motifs is 1. The Bertz CT molecular complexity index is 439. The molecule has 0 aliphatic rings. The van der Waals surface area contributed by atoms with Gasteiger partial charge in [0.15, 0.2) is 0 Å². The molecule has 0 atom stereocenters. The summed E-state index contributed by atoms with van der Waals surface area (Å²) in [6.45, 7) is 0.661. The van der Waals surface area contributed by atoms with Crippen LogP contribution >= 0.6 is 11.3 Å². The maximum atomic E-state index is 8.91. The fraction of sp³-hybridized carbons (Fsp3) is 0.200. The van der Waals surface area contributed by atoms with Crippen LogP contribution < -0.4 is 11.2 Å². The number of nitrogens with two attached hydrogens (primary N) is 1. The normalized spacial score (nSPS) is 10.7. The third-order valence-corrected chi connectivity index (χ3v) is 3.35. The Morgan fingerprint density at radius 2 is 2.29 bits per heavy atom. The van der Waals surface area contributed by atoms with Gasteiger partial charge in [0.2, 0.25) is 0 Å². The van der Waals surface area contributed by atoms with Crippen LogP contribution in [0.25, 0.3) is 10.1 Å². The Balaban J connectivity index is 2.52. The first-order valence-electron chi connectivity index (χ1n) is 4.47. The van der Waals surface area contributed by atoms with Crippen LogP contribution in [0.4, 0.5) is 5.69 Å². The van der Waals surface area contributed by atoms with E-state index in [0.717, 1.165) is 22.2 Å². The molecule has 0 aliphatic heterocycles. The van der Waals surface area contributed by atoms with E-state index < -0.39 is 0 Å². The highest BCUT2D eigenvalue weighted by molar-refractivity contribution is 7.19. The molecule has 0 spiro atoms. The maximum Gasteiger partial charge on any atom is 0.0780 e. The zero-order valence-electron chi connectivity index (χ0n) is 7.66. The second-order valence-electron chi connectivity index (χ2n) is 3.09. The molecule has 0 unspecified atom stereocenters. The van der Waals surface area contributed by atoms with E-state index in [-0.39, 0.29) is 0 Å². The molecule has 0 saturated heterocycles. The van der Waals surface area contributed by atoms with Crippen molar-refractivity contribution in [3.8, 4) is 0 Å². The van der Waals surface area contributed by atoms with Crippen LogP contribution in [-0.4, -0.2) is 11.8 Å². The van der Waals surface area contributed by atoms with Gasteiger partial charge in [0.25, 0.3) is 0 Å². The highest BCUT2D eigenvalue weighted by Crippen LogP contribution is 2.31. The van der Waals surface area contributed by atoms with E-state index in [0.29, 0.717) is 6.54 Å². The molecule has 4 heteroatoms. The first-order valence-corrected chi connectivity index (χ1v) is 5.28. The Hall–Kier alpha value is -1.10. The third-order valence-electron chi connectivity index (χ3n) is 2.11. The van der Waals surface area contributed by atoms with Crippen LogP contribution in [-0.2, 0) is 6.42 Å². The van der Waals surface area contributed by atoms with Gasteiger partial charge in [-0.25, -0.2) is 0 Å². The second-order valence-corrected chi connectivity index (χ2v) is 4.22. The summed E-state index contributed by atoms with van der Waals surface area (Å²) in [5, 5.41) is 10.1. The number of nitrogens with one attached hydrogen (secondary N) is 1. The van der Waals surface area contributed by atoms with E-state index in [4.69, 9.17) is 10.9 Å². The van der Waals surface area contributed by atoms with Gasteiger partial charge in [-0.3, -0.25) is 10.7 Å². The minimum Gasteiger partial charge on any atom is -0.330 e. The van der Waals surface area contributed by atoms with Crippen molar-refractivity contribution in [2.24, 2.45) is 5.73 Å². The van der Waals surface area contributed by atoms with E-state index in [1.54, 1.807) is 11.3 Å². The highest BCUT2D eigenvalue weighted by Gasteiger charge is 2.04. The third kappa shape index (κ3) is 1.59. The largest absolute Gasteiger partial charge is 0.330 e. The van der Waals surface area contributed by atoms with E-state index in [1.807, 2.05) is 18.2 Å². The topological polar surface area (TPSA) is 58.3 Å². The summed E-state index contributed by atoms with van der Waals surface area (Å²) in [5.41, 5.74) is 8.46. The van der Waals surface area contributed by atoms with Gasteiger partial charge in [-0.1, -0.05) is 12.1 Å². The van der Waals surface area contributed by atoms with Crippen LogP contribution in [0.1, 0.15) is 4.88 Å². The summed E-state index contributed by atoms with van der Waals surface area (Å²) in [6, 6.07) is 7.92.